The number of benzene rings is 2. The van der Waals surface area contributed by atoms with Gasteiger partial charge in [-0.05, 0) is 55.6 Å². The average molecular weight is 416 g/mol. The number of aryl methyl sites for hydroxylation is 1. The number of carbonyl (C=O) groups excluding carboxylic acids is 1. The summed E-state index contributed by atoms with van der Waals surface area (Å²) in [6.45, 7) is 3.40. The Bertz CT molecular complexity index is 1020. The van der Waals surface area contributed by atoms with E-state index in [2.05, 4.69) is 15.8 Å². The van der Waals surface area contributed by atoms with E-state index in [-0.39, 0.29) is 5.91 Å². The predicted octanol–water partition coefficient (Wildman–Crippen LogP) is 4.27. The van der Waals surface area contributed by atoms with Crippen LogP contribution < -0.4 is 14.4 Å². The van der Waals surface area contributed by atoms with E-state index in [0.717, 1.165) is 38.8 Å². The zero-order valence-electron chi connectivity index (χ0n) is 16.6. The molecule has 1 amide bonds. The first-order valence-corrected chi connectivity index (χ1v) is 11.4. The Morgan fingerprint density at radius 2 is 1.96 bits per heavy atom. The van der Waals surface area contributed by atoms with Crippen molar-refractivity contribution < 1.29 is 9.53 Å². The highest BCUT2D eigenvalue weighted by Crippen LogP contribution is 2.24. The highest BCUT2D eigenvalue weighted by Gasteiger charge is 2.10. The molecule has 0 radical (unpaired) electrons. The maximum Gasteiger partial charge on any atom is 0.279 e. The van der Waals surface area contributed by atoms with E-state index >= 15 is 0 Å². The van der Waals surface area contributed by atoms with Crippen molar-refractivity contribution in [3.63, 3.8) is 0 Å². The van der Waals surface area contributed by atoms with Crippen molar-refractivity contribution in [2.24, 2.45) is 4.99 Å². The molecule has 0 bridgehead atoms. The fraction of sp³-hybridized carbons (Fsp3) is 0.333. The monoisotopic (exact) mass is 415 g/mol. The van der Waals surface area contributed by atoms with Gasteiger partial charge in [0.05, 0.1) is 16.8 Å². The second-order valence-electron chi connectivity index (χ2n) is 6.45. The molecular formula is C21H25N3O2S2. The molecule has 0 atom stereocenters. The van der Waals surface area contributed by atoms with Crippen LogP contribution in [0.2, 0.25) is 0 Å². The van der Waals surface area contributed by atoms with Crippen LogP contribution in [0.15, 0.2) is 47.5 Å². The molecule has 3 aromatic rings. The number of carbonyl (C=O) groups is 1. The van der Waals surface area contributed by atoms with Crippen LogP contribution >= 0.6 is 23.1 Å². The summed E-state index contributed by atoms with van der Waals surface area (Å²) < 4.78 is 8.81. The highest BCUT2D eigenvalue weighted by atomic mass is 32.2. The van der Waals surface area contributed by atoms with Gasteiger partial charge < -0.3 is 14.2 Å². The SMILES string of the molecule is CCOc1ccc2c(c1)sc(=NC(=O)c1ccc(N(C)C)cc1)n2CCSC. The fourth-order valence-electron chi connectivity index (χ4n) is 2.85. The Morgan fingerprint density at radius 3 is 2.61 bits per heavy atom. The first-order chi connectivity index (χ1) is 13.5. The molecule has 0 aliphatic rings. The van der Waals surface area contributed by atoms with Crippen LogP contribution in [0.1, 0.15) is 17.3 Å². The third kappa shape index (κ3) is 4.59. The van der Waals surface area contributed by atoms with Gasteiger partial charge in [-0.3, -0.25) is 4.79 Å². The number of fused-ring (bicyclic) bond motifs is 1. The molecule has 0 aliphatic heterocycles. The van der Waals surface area contributed by atoms with Crippen molar-refractivity contribution in [1.82, 2.24) is 4.57 Å². The molecule has 1 aromatic heterocycles. The van der Waals surface area contributed by atoms with Crippen molar-refractivity contribution in [2.75, 3.05) is 37.6 Å². The molecule has 5 nitrogen and oxygen atoms in total. The van der Waals surface area contributed by atoms with E-state index in [1.807, 2.05) is 68.4 Å². The molecule has 28 heavy (non-hydrogen) atoms. The molecule has 0 unspecified atom stereocenters. The Labute approximate surface area is 173 Å². The maximum atomic E-state index is 12.8. The number of rotatable bonds is 7. The molecule has 0 N–H and O–H groups in total. The number of amides is 1. The van der Waals surface area contributed by atoms with Crippen LogP contribution in [0.25, 0.3) is 10.2 Å². The molecule has 0 saturated carbocycles. The number of thioether (sulfide) groups is 1. The van der Waals surface area contributed by atoms with Crippen molar-refractivity contribution in [3.8, 4) is 5.75 Å². The molecule has 148 valence electrons. The van der Waals surface area contributed by atoms with Gasteiger partial charge in [-0.2, -0.15) is 16.8 Å². The van der Waals surface area contributed by atoms with Gasteiger partial charge in [-0.1, -0.05) is 11.3 Å². The van der Waals surface area contributed by atoms with Gasteiger partial charge in [-0.25, -0.2) is 0 Å². The summed E-state index contributed by atoms with van der Waals surface area (Å²) in [7, 11) is 3.95. The largest absolute Gasteiger partial charge is 0.494 e. The molecule has 0 spiro atoms. The summed E-state index contributed by atoms with van der Waals surface area (Å²) in [6, 6.07) is 13.6. The average Bonchev–Trinajstić information content (AvgIpc) is 3.02. The molecule has 0 fully saturated rings. The summed E-state index contributed by atoms with van der Waals surface area (Å²) in [5.74, 6) is 1.57. The number of anilines is 1. The molecule has 2 aromatic carbocycles. The molecule has 0 aliphatic carbocycles. The normalized spacial score (nSPS) is 11.8. The molecule has 7 heteroatoms. The van der Waals surface area contributed by atoms with Gasteiger partial charge in [0.2, 0.25) is 0 Å². The Kier molecular flexibility index (Phi) is 6.80. The van der Waals surface area contributed by atoms with Crippen LogP contribution in [0.5, 0.6) is 5.75 Å². The topological polar surface area (TPSA) is 46.8 Å². The number of aromatic nitrogens is 1. The third-order valence-corrected chi connectivity index (χ3v) is 5.94. The number of hydrogen-bond donors (Lipinski definition) is 0. The van der Waals surface area contributed by atoms with E-state index in [4.69, 9.17) is 4.74 Å². The Morgan fingerprint density at radius 1 is 1.21 bits per heavy atom. The van der Waals surface area contributed by atoms with Crippen LogP contribution in [-0.2, 0) is 6.54 Å². The van der Waals surface area contributed by atoms with Crippen LogP contribution in [0.3, 0.4) is 0 Å². The minimum atomic E-state index is -0.222. The number of nitrogens with zero attached hydrogens (tertiary/aromatic N) is 3. The van der Waals surface area contributed by atoms with E-state index in [9.17, 15) is 4.79 Å². The Hall–Kier alpha value is -2.25. The van der Waals surface area contributed by atoms with Crippen molar-refractivity contribution >= 4 is 44.9 Å². The van der Waals surface area contributed by atoms with Crippen LogP contribution in [0.4, 0.5) is 5.69 Å². The highest BCUT2D eigenvalue weighted by molar-refractivity contribution is 7.98. The van der Waals surface area contributed by atoms with Gasteiger partial charge in [0.25, 0.3) is 5.91 Å². The van der Waals surface area contributed by atoms with Gasteiger partial charge >= 0.3 is 0 Å². The summed E-state index contributed by atoms with van der Waals surface area (Å²) in [5.41, 5.74) is 2.73. The van der Waals surface area contributed by atoms with Crippen molar-refractivity contribution in [1.29, 1.82) is 0 Å². The fourth-order valence-corrected chi connectivity index (χ4v) is 4.30. The minimum absolute atomic E-state index is 0.222. The van der Waals surface area contributed by atoms with E-state index in [0.29, 0.717) is 12.2 Å². The lowest BCUT2D eigenvalue weighted by Gasteiger charge is -2.11. The number of thiazole rings is 1. The lowest BCUT2D eigenvalue weighted by Crippen LogP contribution is -2.18. The molecule has 0 saturated heterocycles. The maximum absolute atomic E-state index is 12.8. The second kappa shape index (κ2) is 9.30. The van der Waals surface area contributed by atoms with E-state index in [1.54, 1.807) is 11.8 Å². The van der Waals surface area contributed by atoms with Gasteiger partial charge in [0.1, 0.15) is 5.75 Å². The lowest BCUT2D eigenvalue weighted by molar-refractivity contribution is 0.0998. The third-order valence-electron chi connectivity index (χ3n) is 4.31. The predicted molar refractivity (Wildman–Crippen MR) is 120 cm³/mol. The number of ether oxygens (including phenoxy) is 1. The summed E-state index contributed by atoms with van der Waals surface area (Å²) in [4.78, 5) is 19.9. The van der Waals surface area contributed by atoms with Crippen molar-refractivity contribution in [3.05, 3.63) is 52.8 Å². The lowest BCUT2D eigenvalue weighted by atomic mass is 10.2. The second-order valence-corrected chi connectivity index (χ2v) is 8.44. The zero-order valence-corrected chi connectivity index (χ0v) is 18.3. The van der Waals surface area contributed by atoms with Gasteiger partial charge in [0, 0.05) is 37.6 Å². The standard InChI is InChI=1S/C21H25N3O2S2/c1-5-26-17-10-11-18-19(14-17)28-21(24(18)12-13-27-4)22-20(25)15-6-8-16(9-7-15)23(2)3/h6-11,14H,5,12-13H2,1-4H3. The first-order valence-electron chi connectivity index (χ1n) is 9.15. The first kappa shape index (κ1) is 20.5. The number of hydrogen-bond acceptors (Lipinski definition) is 5. The minimum Gasteiger partial charge on any atom is -0.494 e. The van der Waals surface area contributed by atoms with Crippen LogP contribution in [0, 0.1) is 0 Å². The van der Waals surface area contributed by atoms with Crippen LogP contribution in [-0.4, -0.2) is 43.2 Å². The molecular weight excluding hydrogens is 390 g/mol. The molecule has 3 rings (SSSR count). The van der Waals surface area contributed by atoms with Gasteiger partial charge in [-0.15, -0.1) is 0 Å². The summed E-state index contributed by atoms with van der Waals surface area (Å²) in [5, 5.41) is 0. The zero-order chi connectivity index (χ0) is 20.1. The van der Waals surface area contributed by atoms with E-state index in [1.165, 1.54) is 11.3 Å². The van der Waals surface area contributed by atoms with Crippen molar-refractivity contribution in [2.45, 2.75) is 13.5 Å². The Balaban J connectivity index is 2.02. The molecule has 1 heterocycles. The smallest absolute Gasteiger partial charge is 0.279 e. The summed E-state index contributed by atoms with van der Waals surface area (Å²) in [6.07, 6.45) is 2.08. The summed E-state index contributed by atoms with van der Waals surface area (Å²) >= 11 is 3.30. The quantitative estimate of drug-likeness (QED) is 0.578. The van der Waals surface area contributed by atoms with Gasteiger partial charge in [0.15, 0.2) is 4.80 Å². The van der Waals surface area contributed by atoms with E-state index < -0.39 is 0 Å².